The molecule has 6 nitrogen and oxygen atoms in total. The van der Waals surface area contributed by atoms with Gasteiger partial charge in [0, 0.05) is 30.8 Å². The fourth-order valence-electron chi connectivity index (χ4n) is 3.34. The van der Waals surface area contributed by atoms with Gasteiger partial charge in [-0.05, 0) is 36.6 Å². The number of methoxy groups -OCH3 is 1. The van der Waals surface area contributed by atoms with Gasteiger partial charge in [-0.2, -0.15) is 0 Å². The Bertz CT molecular complexity index is 799. The Morgan fingerprint density at radius 3 is 2.48 bits per heavy atom. The lowest BCUT2D eigenvalue weighted by Crippen LogP contribution is -2.42. The zero-order valence-corrected chi connectivity index (χ0v) is 15.4. The van der Waals surface area contributed by atoms with Crippen molar-refractivity contribution in [2.45, 2.75) is 19.3 Å². The summed E-state index contributed by atoms with van der Waals surface area (Å²) in [4.78, 5) is 25.2. The lowest BCUT2D eigenvalue weighted by atomic mass is 9.97. The van der Waals surface area contributed by atoms with Crippen molar-refractivity contribution >= 4 is 17.7 Å². The number of carbonyl (C=O) groups is 2. The van der Waals surface area contributed by atoms with Crippen molar-refractivity contribution in [2.75, 3.05) is 25.5 Å². The number of ether oxygens (including phenoxy) is 1. The lowest BCUT2D eigenvalue weighted by molar-refractivity contribution is -0.143. The van der Waals surface area contributed by atoms with Gasteiger partial charge in [0.2, 0.25) is 0 Å². The molecular formula is C21H24N2O4. The molecule has 2 aromatic rings. The number of rotatable bonds is 5. The van der Waals surface area contributed by atoms with Crippen LogP contribution < -0.4 is 10.1 Å². The fourth-order valence-corrected chi connectivity index (χ4v) is 3.34. The van der Waals surface area contributed by atoms with Gasteiger partial charge >= 0.3 is 12.0 Å². The van der Waals surface area contributed by atoms with E-state index in [0.717, 1.165) is 16.9 Å². The number of anilines is 1. The molecule has 1 fully saturated rings. The third-order valence-corrected chi connectivity index (χ3v) is 4.90. The summed E-state index contributed by atoms with van der Waals surface area (Å²) in [6.07, 6.45) is 1.69. The molecule has 0 unspecified atom stereocenters. The molecule has 0 spiro atoms. The molecule has 142 valence electrons. The molecule has 1 aliphatic heterocycles. The van der Waals surface area contributed by atoms with Crippen molar-refractivity contribution in [3.05, 3.63) is 59.7 Å². The van der Waals surface area contributed by atoms with Crippen molar-refractivity contribution in [2.24, 2.45) is 5.92 Å². The third kappa shape index (κ3) is 4.78. The number of carboxylic acids is 1. The number of likely N-dealkylation sites (tertiary alicyclic amines) is 1. The summed E-state index contributed by atoms with van der Waals surface area (Å²) in [6, 6.07) is 15.5. The Morgan fingerprint density at radius 2 is 1.85 bits per heavy atom. The van der Waals surface area contributed by atoms with E-state index in [9.17, 15) is 9.59 Å². The van der Waals surface area contributed by atoms with Crippen LogP contribution in [0.15, 0.2) is 48.5 Å². The number of carboxylic acid groups (broad SMARTS) is 1. The Balaban J connectivity index is 1.67. The summed E-state index contributed by atoms with van der Waals surface area (Å²) >= 11 is 0. The average molecular weight is 368 g/mol. The Labute approximate surface area is 158 Å². The highest BCUT2D eigenvalue weighted by molar-refractivity contribution is 5.89. The summed E-state index contributed by atoms with van der Waals surface area (Å²) in [5.74, 6) is -0.359. The van der Waals surface area contributed by atoms with Crippen LogP contribution in [0.4, 0.5) is 10.5 Å². The van der Waals surface area contributed by atoms with Gasteiger partial charge in [-0.1, -0.05) is 30.3 Å². The first kappa shape index (κ1) is 18.8. The SMILES string of the molecule is COc1ccc(NC(=O)N2CCC(C(=O)O)CC2)cc1Cc1ccccc1. The average Bonchev–Trinajstić information content (AvgIpc) is 2.69. The summed E-state index contributed by atoms with van der Waals surface area (Å²) in [5.41, 5.74) is 2.85. The molecule has 6 heteroatoms. The van der Waals surface area contributed by atoms with E-state index in [1.54, 1.807) is 12.0 Å². The molecule has 2 amide bonds. The molecule has 0 bridgehead atoms. The van der Waals surface area contributed by atoms with Crippen LogP contribution >= 0.6 is 0 Å². The number of hydrogen-bond donors (Lipinski definition) is 2. The van der Waals surface area contributed by atoms with Crippen LogP contribution in [-0.2, 0) is 11.2 Å². The number of hydrogen-bond acceptors (Lipinski definition) is 3. The van der Waals surface area contributed by atoms with Crippen LogP contribution in [0.3, 0.4) is 0 Å². The van der Waals surface area contributed by atoms with Crippen LogP contribution in [0, 0.1) is 5.92 Å². The second-order valence-electron chi connectivity index (χ2n) is 6.72. The fraction of sp³-hybridized carbons (Fsp3) is 0.333. The second-order valence-corrected chi connectivity index (χ2v) is 6.72. The molecule has 1 heterocycles. The first-order valence-corrected chi connectivity index (χ1v) is 9.06. The van der Waals surface area contributed by atoms with Crippen LogP contribution in [0.2, 0.25) is 0 Å². The molecular weight excluding hydrogens is 344 g/mol. The maximum Gasteiger partial charge on any atom is 0.321 e. The van der Waals surface area contributed by atoms with Crippen molar-refractivity contribution in [1.82, 2.24) is 4.90 Å². The maximum absolute atomic E-state index is 12.5. The van der Waals surface area contributed by atoms with Crippen LogP contribution in [0.5, 0.6) is 5.75 Å². The van der Waals surface area contributed by atoms with E-state index in [2.05, 4.69) is 17.4 Å². The minimum atomic E-state index is -0.782. The van der Waals surface area contributed by atoms with Gasteiger partial charge in [0.15, 0.2) is 0 Å². The molecule has 1 aliphatic rings. The monoisotopic (exact) mass is 368 g/mol. The van der Waals surface area contributed by atoms with E-state index >= 15 is 0 Å². The largest absolute Gasteiger partial charge is 0.496 e. The zero-order chi connectivity index (χ0) is 19.2. The number of nitrogens with zero attached hydrogens (tertiary/aromatic N) is 1. The number of amides is 2. The van der Waals surface area contributed by atoms with Gasteiger partial charge in [0.1, 0.15) is 5.75 Å². The third-order valence-electron chi connectivity index (χ3n) is 4.90. The molecule has 0 radical (unpaired) electrons. The summed E-state index contributed by atoms with van der Waals surface area (Å²) in [5, 5.41) is 12.0. The molecule has 0 saturated carbocycles. The van der Waals surface area contributed by atoms with E-state index < -0.39 is 5.97 Å². The van der Waals surface area contributed by atoms with Gasteiger partial charge in [0.25, 0.3) is 0 Å². The lowest BCUT2D eigenvalue weighted by Gasteiger charge is -2.30. The predicted molar refractivity (Wildman–Crippen MR) is 103 cm³/mol. The zero-order valence-electron chi connectivity index (χ0n) is 15.4. The van der Waals surface area contributed by atoms with Crippen LogP contribution in [0.25, 0.3) is 0 Å². The number of carbonyl (C=O) groups excluding carboxylic acids is 1. The van der Waals surface area contributed by atoms with E-state index in [-0.39, 0.29) is 11.9 Å². The molecule has 1 saturated heterocycles. The summed E-state index contributed by atoms with van der Waals surface area (Å²) in [7, 11) is 1.63. The Hall–Kier alpha value is -3.02. The minimum absolute atomic E-state index is 0.199. The number of benzene rings is 2. The van der Waals surface area contributed by atoms with Gasteiger partial charge in [-0.25, -0.2) is 4.79 Å². The number of urea groups is 1. The Kier molecular flexibility index (Phi) is 5.96. The standard InChI is InChI=1S/C21H24N2O4/c1-27-19-8-7-18(14-17(19)13-15-5-3-2-4-6-15)22-21(26)23-11-9-16(10-12-23)20(24)25/h2-8,14,16H,9-13H2,1H3,(H,22,26)(H,24,25). The van der Waals surface area contributed by atoms with E-state index in [0.29, 0.717) is 38.0 Å². The van der Waals surface area contributed by atoms with Crippen molar-refractivity contribution in [3.63, 3.8) is 0 Å². The number of piperidine rings is 1. The van der Waals surface area contributed by atoms with Gasteiger partial charge in [-0.15, -0.1) is 0 Å². The van der Waals surface area contributed by atoms with Gasteiger partial charge in [0.05, 0.1) is 13.0 Å². The highest BCUT2D eigenvalue weighted by atomic mass is 16.5. The first-order valence-electron chi connectivity index (χ1n) is 9.06. The maximum atomic E-state index is 12.5. The quantitative estimate of drug-likeness (QED) is 0.845. The minimum Gasteiger partial charge on any atom is -0.496 e. The molecule has 0 aliphatic carbocycles. The normalized spacial score (nSPS) is 14.6. The summed E-state index contributed by atoms with van der Waals surface area (Å²) < 4.78 is 5.45. The number of aliphatic carboxylic acids is 1. The van der Waals surface area contributed by atoms with E-state index in [1.807, 2.05) is 36.4 Å². The Morgan fingerprint density at radius 1 is 1.15 bits per heavy atom. The second kappa shape index (κ2) is 8.58. The number of nitrogens with one attached hydrogen (secondary N) is 1. The van der Waals surface area contributed by atoms with E-state index in [1.165, 1.54) is 0 Å². The predicted octanol–water partition coefficient (Wildman–Crippen LogP) is 3.61. The molecule has 0 aromatic heterocycles. The molecule has 2 aromatic carbocycles. The highest BCUT2D eigenvalue weighted by Crippen LogP contribution is 2.26. The van der Waals surface area contributed by atoms with Gasteiger partial charge < -0.3 is 20.1 Å². The molecule has 2 N–H and O–H groups in total. The van der Waals surface area contributed by atoms with Crippen LogP contribution in [0.1, 0.15) is 24.0 Å². The van der Waals surface area contributed by atoms with Crippen molar-refractivity contribution in [3.8, 4) is 5.75 Å². The smallest absolute Gasteiger partial charge is 0.321 e. The van der Waals surface area contributed by atoms with Crippen molar-refractivity contribution in [1.29, 1.82) is 0 Å². The van der Waals surface area contributed by atoms with E-state index in [4.69, 9.17) is 9.84 Å². The molecule has 3 rings (SSSR count). The highest BCUT2D eigenvalue weighted by Gasteiger charge is 2.27. The van der Waals surface area contributed by atoms with Crippen LogP contribution in [-0.4, -0.2) is 42.2 Å². The first-order chi connectivity index (χ1) is 13.1. The molecule has 27 heavy (non-hydrogen) atoms. The van der Waals surface area contributed by atoms with Crippen molar-refractivity contribution < 1.29 is 19.4 Å². The summed E-state index contributed by atoms with van der Waals surface area (Å²) in [6.45, 7) is 0.908. The van der Waals surface area contributed by atoms with Gasteiger partial charge in [-0.3, -0.25) is 4.79 Å². The topological polar surface area (TPSA) is 78.9 Å². The molecule has 0 atom stereocenters.